The lowest BCUT2D eigenvalue weighted by atomic mass is 9.86. The van der Waals surface area contributed by atoms with Crippen LogP contribution in [0.4, 0.5) is 0 Å². The van der Waals surface area contributed by atoms with Crippen LogP contribution >= 0.6 is 0 Å². The maximum absolute atomic E-state index is 6.19. The molecule has 158 valence electrons. The molecule has 2 aromatic rings. The fraction of sp³-hybridized carbons (Fsp3) is 0.520. The Morgan fingerprint density at radius 2 is 1.66 bits per heavy atom. The Kier molecular flexibility index (Phi) is 7.20. The second kappa shape index (κ2) is 9.64. The largest absolute Gasteiger partial charge is 0.493 e. The van der Waals surface area contributed by atoms with Crippen LogP contribution in [0.5, 0.6) is 11.5 Å². The van der Waals surface area contributed by atoms with Crippen molar-refractivity contribution in [2.75, 3.05) is 39.9 Å². The van der Waals surface area contributed by atoms with E-state index in [1.54, 1.807) is 7.11 Å². The van der Waals surface area contributed by atoms with E-state index in [-0.39, 0.29) is 6.04 Å². The van der Waals surface area contributed by atoms with Crippen LogP contribution in [0.1, 0.15) is 53.3 Å². The minimum Gasteiger partial charge on any atom is -0.493 e. The molecule has 4 nitrogen and oxygen atoms in total. The molecular formula is C25H36N2O2. The Morgan fingerprint density at radius 3 is 2.34 bits per heavy atom. The summed E-state index contributed by atoms with van der Waals surface area (Å²) in [5, 5.41) is 3.73. The minimum atomic E-state index is 0.189. The number of nitrogens with one attached hydrogen (secondary N) is 1. The number of ether oxygens (including phenoxy) is 2. The van der Waals surface area contributed by atoms with Crippen molar-refractivity contribution in [3.05, 3.63) is 57.6 Å². The second-order valence-electron chi connectivity index (χ2n) is 8.01. The number of rotatable bonds is 8. The standard InChI is InChI=1S/C25H36N2O2/c1-7-27(8-2)11-12-29-24-16-22-20(15-23(24)28-6)9-10-26-25(22)21-14-18(4)17(3)13-19(21)5/h13-16,25-26H,7-12H2,1-6H3. The van der Waals surface area contributed by atoms with Crippen LogP contribution < -0.4 is 14.8 Å². The fourth-order valence-electron chi connectivity index (χ4n) is 4.23. The summed E-state index contributed by atoms with van der Waals surface area (Å²) < 4.78 is 11.9. The molecule has 1 unspecified atom stereocenters. The van der Waals surface area contributed by atoms with Crippen LogP contribution in [-0.4, -0.2) is 44.8 Å². The molecule has 0 aliphatic carbocycles. The summed E-state index contributed by atoms with van der Waals surface area (Å²) in [6.07, 6.45) is 1.01. The number of hydrogen-bond acceptors (Lipinski definition) is 4. The Hall–Kier alpha value is -2.04. The van der Waals surface area contributed by atoms with Gasteiger partial charge in [0.15, 0.2) is 11.5 Å². The molecule has 1 aliphatic heterocycles. The number of fused-ring (bicyclic) bond motifs is 1. The summed E-state index contributed by atoms with van der Waals surface area (Å²) in [5.41, 5.74) is 8.02. The zero-order valence-corrected chi connectivity index (χ0v) is 18.9. The van der Waals surface area contributed by atoms with Gasteiger partial charge < -0.3 is 19.7 Å². The van der Waals surface area contributed by atoms with Crippen molar-refractivity contribution < 1.29 is 9.47 Å². The maximum atomic E-state index is 6.19. The normalized spacial score (nSPS) is 16.0. The number of aryl methyl sites for hydroxylation is 3. The molecule has 3 rings (SSSR count). The Balaban J connectivity index is 1.92. The molecule has 1 N–H and O–H groups in total. The topological polar surface area (TPSA) is 33.7 Å². The Morgan fingerprint density at radius 1 is 0.931 bits per heavy atom. The average Bonchev–Trinajstić information content (AvgIpc) is 2.73. The lowest BCUT2D eigenvalue weighted by molar-refractivity contribution is 0.217. The highest BCUT2D eigenvalue weighted by molar-refractivity contribution is 5.53. The van der Waals surface area contributed by atoms with Crippen molar-refractivity contribution >= 4 is 0 Å². The summed E-state index contributed by atoms with van der Waals surface area (Å²) >= 11 is 0. The zero-order chi connectivity index (χ0) is 21.0. The van der Waals surface area contributed by atoms with Gasteiger partial charge in [-0.1, -0.05) is 26.0 Å². The highest BCUT2D eigenvalue weighted by Gasteiger charge is 2.25. The molecule has 0 aromatic heterocycles. The summed E-state index contributed by atoms with van der Waals surface area (Å²) in [6.45, 7) is 15.6. The Labute approximate surface area is 176 Å². The first-order chi connectivity index (χ1) is 14.0. The van der Waals surface area contributed by atoms with E-state index in [1.807, 2.05) is 0 Å². The number of methoxy groups -OCH3 is 1. The van der Waals surface area contributed by atoms with E-state index in [1.165, 1.54) is 33.4 Å². The van der Waals surface area contributed by atoms with Gasteiger partial charge in [0, 0.05) is 13.1 Å². The van der Waals surface area contributed by atoms with Crippen LogP contribution in [0.3, 0.4) is 0 Å². The van der Waals surface area contributed by atoms with Gasteiger partial charge in [0.05, 0.1) is 13.2 Å². The van der Waals surface area contributed by atoms with E-state index in [9.17, 15) is 0 Å². The van der Waals surface area contributed by atoms with Gasteiger partial charge in [-0.2, -0.15) is 0 Å². The molecule has 0 amide bonds. The molecule has 1 aliphatic rings. The molecular weight excluding hydrogens is 360 g/mol. The monoisotopic (exact) mass is 396 g/mol. The summed E-state index contributed by atoms with van der Waals surface area (Å²) in [4.78, 5) is 2.37. The van der Waals surface area contributed by atoms with Gasteiger partial charge in [-0.05, 0) is 85.8 Å². The quantitative estimate of drug-likeness (QED) is 0.708. The SMILES string of the molecule is CCN(CC)CCOc1cc2c(cc1OC)CCNC2c1cc(C)c(C)cc1C. The van der Waals surface area contributed by atoms with Crippen LogP contribution in [0.2, 0.25) is 0 Å². The minimum absolute atomic E-state index is 0.189. The van der Waals surface area contributed by atoms with E-state index in [0.717, 1.165) is 44.1 Å². The third-order valence-electron chi connectivity index (χ3n) is 6.23. The lowest BCUT2D eigenvalue weighted by Gasteiger charge is -2.30. The maximum Gasteiger partial charge on any atom is 0.161 e. The van der Waals surface area contributed by atoms with Crippen LogP contribution in [-0.2, 0) is 6.42 Å². The van der Waals surface area contributed by atoms with Crippen LogP contribution in [0.25, 0.3) is 0 Å². The van der Waals surface area contributed by atoms with Crippen LogP contribution in [0.15, 0.2) is 24.3 Å². The van der Waals surface area contributed by atoms with Gasteiger partial charge in [0.25, 0.3) is 0 Å². The third-order valence-corrected chi connectivity index (χ3v) is 6.23. The van der Waals surface area contributed by atoms with E-state index in [0.29, 0.717) is 6.61 Å². The molecule has 2 aromatic carbocycles. The van der Waals surface area contributed by atoms with Crippen molar-refractivity contribution in [1.29, 1.82) is 0 Å². The summed E-state index contributed by atoms with van der Waals surface area (Å²) in [7, 11) is 1.73. The van der Waals surface area contributed by atoms with Crippen LogP contribution in [0, 0.1) is 20.8 Å². The van der Waals surface area contributed by atoms with E-state index < -0.39 is 0 Å². The smallest absolute Gasteiger partial charge is 0.161 e. The predicted molar refractivity (Wildman–Crippen MR) is 120 cm³/mol. The molecule has 0 saturated heterocycles. The van der Waals surface area contributed by atoms with Gasteiger partial charge in [0.1, 0.15) is 6.61 Å². The molecule has 1 heterocycles. The van der Waals surface area contributed by atoms with Gasteiger partial charge in [-0.3, -0.25) is 0 Å². The first kappa shape index (κ1) is 21.7. The summed E-state index contributed by atoms with van der Waals surface area (Å²) in [6, 6.07) is 9.19. The van der Waals surface area contributed by atoms with E-state index in [2.05, 4.69) is 69.1 Å². The molecule has 0 radical (unpaired) electrons. The Bertz CT molecular complexity index is 843. The first-order valence-corrected chi connectivity index (χ1v) is 10.9. The second-order valence-corrected chi connectivity index (χ2v) is 8.01. The fourth-order valence-corrected chi connectivity index (χ4v) is 4.23. The predicted octanol–water partition coefficient (Wildman–Crippen LogP) is 4.58. The van der Waals surface area contributed by atoms with E-state index in [4.69, 9.17) is 9.47 Å². The van der Waals surface area contributed by atoms with Crippen molar-refractivity contribution in [3.63, 3.8) is 0 Å². The molecule has 0 saturated carbocycles. The number of nitrogens with zero attached hydrogens (tertiary/aromatic N) is 1. The third kappa shape index (κ3) is 4.76. The molecule has 0 spiro atoms. The number of likely N-dealkylation sites (N-methyl/N-ethyl adjacent to an activating group) is 1. The number of hydrogen-bond donors (Lipinski definition) is 1. The first-order valence-electron chi connectivity index (χ1n) is 10.9. The summed E-state index contributed by atoms with van der Waals surface area (Å²) in [5.74, 6) is 1.68. The van der Waals surface area contributed by atoms with E-state index >= 15 is 0 Å². The molecule has 0 fully saturated rings. The molecule has 29 heavy (non-hydrogen) atoms. The van der Waals surface area contributed by atoms with Crippen molar-refractivity contribution in [2.45, 2.75) is 47.1 Å². The lowest BCUT2D eigenvalue weighted by Crippen LogP contribution is -2.31. The molecule has 1 atom stereocenters. The van der Waals surface area contributed by atoms with Crippen molar-refractivity contribution in [2.24, 2.45) is 0 Å². The van der Waals surface area contributed by atoms with Gasteiger partial charge in [-0.25, -0.2) is 0 Å². The molecule has 0 bridgehead atoms. The van der Waals surface area contributed by atoms with Gasteiger partial charge >= 0.3 is 0 Å². The average molecular weight is 397 g/mol. The number of benzene rings is 2. The van der Waals surface area contributed by atoms with Gasteiger partial charge in [0.2, 0.25) is 0 Å². The van der Waals surface area contributed by atoms with Crippen molar-refractivity contribution in [3.8, 4) is 11.5 Å². The van der Waals surface area contributed by atoms with Gasteiger partial charge in [-0.15, -0.1) is 0 Å². The molecule has 4 heteroatoms. The van der Waals surface area contributed by atoms with Crippen molar-refractivity contribution in [1.82, 2.24) is 10.2 Å². The highest BCUT2D eigenvalue weighted by atomic mass is 16.5. The zero-order valence-electron chi connectivity index (χ0n) is 18.9. The highest BCUT2D eigenvalue weighted by Crippen LogP contribution is 2.38.